The molecule has 12 atom stereocenters. The number of esters is 1. The van der Waals surface area contributed by atoms with Crippen LogP contribution in [0.2, 0.25) is 0 Å². The quantitative estimate of drug-likeness (QED) is 0.142. The molecule has 19 nitrogen and oxygen atoms in total. The minimum absolute atomic E-state index is 0.00571. The highest BCUT2D eigenvalue weighted by molar-refractivity contribution is 5.98. The Bertz CT molecular complexity index is 2330. The normalized spacial score (nSPS) is 27.0. The molecule has 8 amide bonds. The first kappa shape index (κ1) is 65.9. The van der Waals surface area contributed by atoms with Crippen molar-refractivity contribution in [3.05, 3.63) is 72.9 Å². The lowest BCUT2D eigenvalue weighted by Gasteiger charge is -2.39. The smallest absolute Gasteiger partial charge is 0.332 e. The van der Waals surface area contributed by atoms with Crippen LogP contribution in [0, 0.1) is 29.6 Å². The van der Waals surface area contributed by atoms with Crippen LogP contribution >= 0.6 is 0 Å². The lowest BCUT2D eigenvalue weighted by molar-refractivity contribution is -0.177. The van der Waals surface area contributed by atoms with E-state index < -0.39 is 131 Å². The number of allylic oxidation sites excluding steroid dienone is 3. The van der Waals surface area contributed by atoms with E-state index >= 15 is 4.79 Å². The number of hydrogen-bond donors (Lipinski definition) is 4. The molecule has 1 aromatic carbocycles. The third-order valence-corrected chi connectivity index (χ3v) is 15.7. The van der Waals surface area contributed by atoms with Gasteiger partial charge in [0.2, 0.25) is 41.4 Å². The Labute approximate surface area is 464 Å². The van der Waals surface area contributed by atoms with Crippen molar-refractivity contribution in [2.75, 3.05) is 41.3 Å². The molecule has 0 radical (unpaired) electrons. The summed E-state index contributed by atoms with van der Waals surface area (Å²) in [6.45, 7) is 26.6. The van der Waals surface area contributed by atoms with Crippen molar-refractivity contribution < 1.29 is 53.0 Å². The van der Waals surface area contributed by atoms with Crippen molar-refractivity contribution in [3.63, 3.8) is 0 Å². The number of carbonyl (C=O) groups excluding carboxylic acids is 9. The molecule has 0 saturated carbocycles. The summed E-state index contributed by atoms with van der Waals surface area (Å²) in [6.07, 6.45) is 4.87. The molecule has 0 spiro atoms. The molecule has 2 heterocycles. The number of hydrogen-bond acceptors (Lipinski definition) is 11. The van der Waals surface area contributed by atoms with Crippen LogP contribution in [-0.4, -0.2) is 178 Å². The predicted octanol–water partition coefficient (Wildman–Crippen LogP) is 4.43. The summed E-state index contributed by atoms with van der Waals surface area (Å²) in [4.78, 5) is 138. The van der Waals surface area contributed by atoms with Gasteiger partial charge in [-0.25, -0.2) is 4.79 Å². The summed E-state index contributed by atoms with van der Waals surface area (Å²) in [5.41, 5.74) is -0.786. The van der Waals surface area contributed by atoms with Crippen molar-refractivity contribution in [2.45, 2.75) is 175 Å². The summed E-state index contributed by atoms with van der Waals surface area (Å²) in [5, 5.41) is 20.3. The number of cyclic esters (lactones) is 1. The summed E-state index contributed by atoms with van der Waals surface area (Å²) >= 11 is 0. The molecule has 2 aliphatic rings. The van der Waals surface area contributed by atoms with Gasteiger partial charge in [-0.15, -0.1) is 0 Å². The zero-order valence-corrected chi connectivity index (χ0v) is 49.2. The van der Waals surface area contributed by atoms with Gasteiger partial charge in [0.05, 0.1) is 11.5 Å². The first-order valence-corrected chi connectivity index (χ1v) is 27.7. The van der Waals surface area contributed by atoms with Crippen molar-refractivity contribution in [1.82, 2.24) is 40.4 Å². The maximum atomic E-state index is 15.1. The predicted molar refractivity (Wildman–Crippen MR) is 300 cm³/mol. The second-order valence-electron chi connectivity index (χ2n) is 22.7. The van der Waals surface area contributed by atoms with Gasteiger partial charge in [-0.3, -0.25) is 38.4 Å². The summed E-state index contributed by atoms with van der Waals surface area (Å²) in [7, 11) is 5.61. The number of carbonyl (C=O) groups is 9. The number of nitrogens with zero attached hydrogens (tertiary/aromatic N) is 5. The second-order valence-corrected chi connectivity index (χ2v) is 22.7. The first-order chi connectivity index (χ1) is 36.5. The average Bonchev–Trinajstić information content (AvgIpc) is 3.91. The Morgan fingerprint density at radius 1 is 0.731 bits per heavy atom. The zero-order valence-electron chi connectivity index (χ0n) is 49.2. The van der Waals surface area contributed by atoms with E-state index in [0.717, 1.165) is 4.90 Å². The maximum absolute atomic E-state index is 15.1. The summed E-state index contributed by atoms with van der Waals surface area (Å²) in [5.74, 6) is -8.64. The van der Waals surface area contributed by atoms with Crippen LogP contribution in [0.3, 0.4) is 0 Å². The number of amides is 8. The highest BCUT2D eigenvalue weighted by Gasteiger charge is 2.47. The van der Waals surface area contributed by atoms with Crippen molar-refractivity contribution in [1.29, 1.82) is 0 Å². The average molecular weight is 1090 g/mol. The number of likely N-dealkylation sites (N-methyl/N-ethyl adjacent to an activating group) is 4. The van der Waals surface area contributed by atoms with Crippen molar-refractivity contribution in [2.24, 2.45) is 29.6 Å². The van der Waals surface area contributed by atoms with E-state index in [0.29, 0.717) is 30.4 Å². The molecule has 4 N–H and O–H groups in total. The number of fused-ring (bicyclic) bond motifs is 2. The number of aliphatic hydroxyl groups is 1. The van der Waals surface area contributed by atoms with E-state index in [4.69, 9.17) is 4.74 Å². The zero-order chi connectivity index (χ0) is 59.1. The molecule has 19 heteroatoms. The molecule has 0 aliphatic carbocycles. The second kappa shape index (κ2) is 29.6. The minimum Gasteiger partial charge on any atom is -0.450 e. The standard InChI is InChI=1S/C59H92N8O11/c1-18-22-26-36(7)32-45-55(73)67-30-29-42(34-67)51(69)62-46(37(8)19-2)56(74)63(14)40(11)50(68)60-43(31-35(5)6)54(72)66(17)49(59(12,13)77)58(76)78-48(39(10)21-4)57(75)65(16)47(38(9)20-3)52(70)61-44(53(71)64(45)15)33-41-27-24-23-25-28-41/h18,22-28,35,37-40,42-49,77H,1,7,19-21,29-34H2,2-6,8-17H3,(H,60,68)(H,61,70)(H,62,69). The van der Waals surface area contributed by atoms with Gasteiger partial charge in [-0.2, -0.15) is 0 Å². The van der Waals surface area contributed by atoms with Crippen LogP contribution in [0.1, 0.15) is 120 Å². The fourth-order valence-electron chi connectivity index (χ4n) is 10.0. The molecule has 0 aromatic heterocycles. The van der Waals surface area contributed by atoms with E-state index in [-0.39, 0.29) is 44.7 Å². The summed E-state index contributed by atoms with van der Waals surface area (Å²) in [6, 6.07) is 0.0964. The molecule has 2 saturated heterocycles. The first-order valence-electron chi connectivity index (χ1n) is 27.7. The lowest BCUT2D eigenvalue weighted by Crippen LogP contribution is -2.62. The number of benzene rings is 1. The van der Waals surface area contributed by atoms with E-state index in [9.17, 15) is 43.5 Å². The van der Waals surface area contributed by atoms with E-state index in [1.54, 1.807) is 70.2 Å². The van der Waals surface area contributed by atoms with Gasteiger partial charge >= 0.3 is 5.97 Å². The Balaban J connectivity index is 2.33. The third-order valence-electron chi connectivity index (χ3n) is 15.7. The highest BCUT2D eigenvalue weighted by Crippen LogP contribution is 2.27. The topological polar surface area (TPSA) is 235 Å². The van der Waals surface area contributed by atoms with Gasteiger partial charge in [-0.1, -0.05) is 136 Å². The number of rotatable bonds is 15. The SMILES string of the molecule is C=CC=CC(=C)CC1C(=O)N2CCC(C2)C(=O)NC(C(C)CC)C(=O)N(C)C(C)C(=O)NC(CC(C)C)C(=O)N(C)C(C(C)(C)O)C(=O)OC(C(C)CC)C(=O)N(C)C(C(C)CC)C(=O)NC(Cc2ccccc2)C(=O)N1C. The fraction of sp³-hybridized carbons (Fsp3) is 0.644. The molecular weight excluding hydrogens is 997 g/mol. The maximum Gasteiger partial charge on any atom is 0.332 e. The Morgan fingerprint density at radius 2 is 1.31 bits per heavy atom. The van der Waals surface area contributed by atoms with Gasteiger partial charge in [0.1, 0.15) is 36.3 Å². The van der Waals surface area contributed by atoms with Crippen LogP contribution < -0.4 is 16.0 Å². The van der Waals surface area contributed by atoms with E-state index in [1.807, 2.05) is 33.8 Å². The van der Waals surface area contributed by atoms with Crippen molar-refractivity contribution >= 4 is 53.2 Å². The largest absolute Gasteiger partial charge is 0.450 e. The van der Waals surface area contributed by atoms with Crippen molar-refractivity contribution in [3.8, 4) is 0 Å². The van der Waals surface area contributed by atoms with Crippen LogP contribution in [0.4, 0.5) is 0 Å². The van der Waals surface area contributed by atoms with Gasteiger partial charge in [0.25, 0.3) is 5.91 Å². The summed E-state index contributed by atoms with van der Waals surface area (Å²) < 4.78 is 6.09. The van der Waals surface area contributed by atoms with E-state index in [1.165, 1.54) is 68.6 Å². The molecule has 2 fully saturated rings. The molecular formula is C59H92N8O11. The van der Waals surface area contributed by atoms with Crippen LogP contribution in [0.5, 0.6) is 0 Å². The number of nitrogens with one attached hydrogen (secondary N) is 3. The van der Waals surface area contributed by atoms with Crippen LogP contribution in [0.25, 0.3) is 0 Å². The Hall–Kier alpha value is -6.37. The molecule has 12 unspecified atom stereocenters. The fourth-order valence-corrected chi connectivity index (χ4v) is 10.0. The number of ether oxygens (including phenoxy) is 1. The molecule has 434 valence electrons. The molecule has 2 aliphatic heterocycles. The molecule has 2 bridgehead atoms. The highest BCUT2D eigenvalue weighted by atomic mass is 16.6. The lowest BCUT2D eigenvalue weighted by atomic mass is 9.93. The van der Waals surface area contributed by atoms with E-state index in [2.05, 4.69) is 29.1 Å². The monoisotopic (exact) mass is 1090 g/mol. The minimum atomic E-state index is -1.97. The molecule has 3 rings (SSSR count). The van der Waals surface area contributed by atoms with Gasteiger partial charge < -0.3 is 50.3 Å². The van der Waals surface area contributed by atoms with Gasteiger partial charge in [-0.05, 0) is 63.4 Å². The van der Waals surface area contributed by atoms with Gasteiger partial charge in [0.15, 0.2) is 12.1 Å². The Kier molecular flexibility index (Phi) is 25.0. The Morgan fingerprint density at radius 3 is 1.86 bits per heavy atom. The van der Waals surface area contributed by atoms with Crippen LogP contribution in [0.15, 0.2) is 67.3 Å². The van der Waals surface area contributed by atoms with Crippen LogP contribution in [-0.2, 0) is 54.3 Å². The molecule has 78 heavy (non-hydrogen) atoms. The van der Waals surface area contributed by atoms with Gasteiger partial charge in [0, 0.05) is 60.0 Å². The molecule has 1 aromatic rings. The third kappa shape index (κ3) is 17.1.